The lowest BCUT2D eigenvalue weighted by molar-refractivity contribution is -0.139. The molecule has 0 aliphatic heterocycles. The van der Waals surface area contributed by atoms with Gasteiger partial charge in [-0.05, 0) is 18.4 Å². The summed E-state index contributed by atoms with van der Waals surface area (Å²) in [6, 6.07) is 3.14. The third-order valence-corrected chi connectivity index (χ3v) is 2.99. The van der Waals surface area contributed by atoms with E-state index in [1.807, 2.05) is 17.5 Å². The Labute approximate surface area is 101 Å². The fourth-order valence-corrected chi connectivity index (χ4v) is 1.80. The Morgan fingerprint density at radius 2 is 2.53 bits per heavy atom. The van der Waals surface area contributed by atoms with Crippen LogP contribution in [-0.2, 0) is 11.3 Å². The molecule has 0 radical (unpaired) electrons. The molecule has 1 atom stereocenters. The summed E-state index contributed by atoms with van der Waals surface area (Å²) in [7, 11) is 0. The van der Waals surface area contributed by atoms with E-state index in [1.165, 1.54) is 11.3 Å². The minimum absolute atomic E-state index is 0.266. The Bertz CT molecular complexity index is 495. The van der Waals surface area contributed by atoms with Gasteiger partial charge in [0.15, 0.2) is 5.82 Å². The van der Waals surface area contributed by atoms with Crippen LogP contribution in [0.1, 0.15) is 12.7 Å². The highest BCUT2D eigenvalue weighted by atomic mass is 32.1. The van der Waals surface area contributed by atoms with Gasteiger partial charge in [-0.25, -0.2) is 0 Å². The van der Waals surface area contributed by atoms with Crippen molar-refractivity contribution < 1.29 is 14.4 Å². The van der Waals surface area contributed by atoms with Crippen LogP contribution in [0.5, 0.6) is 0 Å². The topological polar surface area (TPSA) is 88.3 Å². The summed E-state index contributed by atoms with van der Waals surface area (Å²) in [4.78, 5) is 15.6. The molecule has 0 amide bonds. The molecule has 90 valence electrons. The largest absolute Gasteiger partial charge is 0.480 e. The number of hydrogen-bond acceptors (Lipinski definition) is 6. The van der Waals surface area contributed by atoms with Crippen molar-refractivity contribution in [3.8, 4) is 10.8 Å². The number of nitrogens with one attached hydrogen (secondary N) is 1. The predicted molar refractivity (Wildman–Crippen MR) is 61.5 cm³/mol. The lowest BCUT2D eigenvalue weighted by Crippen LogP contribution is -2.33. The van der Waals surface area contributed by atoms with Crippen molar-refractivity contribution in [3.63, 3.8) is 0 Å². The minimum atomic E-state index is -0.910. The second-order valence-corrected chi connectivity index (χ2v) is 4.38. The van der Waals surface area contributed by atoms with Crippen LogP contribution in [0.25, 0.3) is 10.8 Å². The van der Waals surface area contributed by atoms with E-state index in [-0.39, 0.29) is 6.54 Å². The van der Waals surface area contributed by atoms with Crippen LogP contribution < -0.4 is 5.32 Å². The average molecular weight is 253 g/mol. The number of thiophene rings is 1. The first-order valence-corrected chi connectivity index (χ1v) is 5.87. The van der Waals surface area contributed by atoms with Crippen LogP contribution >= 0.6 is 11.3 Å². The van der Waals surface area contributed by atoms with Gasteiger partial charge < -0.3 is 9.63 Å². The van der Waals surface area contributed by atoms with E-state index in [0.29, 0.717) is 11.7 Å². The molecule has 0 bridgehead atoms. The van der Waals surface area contributed by atoms with E-state index in [1.54, 1.807) is 6.92 Å². The smallest absolute Gasteiger partial charge is 0.320 e. The van der Waals surface area contributed by atoms with Gasteiger partial charge >= 0.3 is 5.97 Å². The monoisotopic (exact) mass is 253 g/mol. The Hall–Kier alpha value is -1.73. The van der Waals surface area contributed by atoms with E-state index in [2.05, 4.69) is 15.5 Å². The molecule has 2 N–H and O–H groups in total. The van der Waals surface area contributed by atoms with Crippen molar-refractivity contribution in [3.05, 3.63) is 23.3 Å². The molecule has 7 heteroatoms. The molecule has 0 spiro atoms. The third-order valence-electron chi connectivity index (χ3n) is 2.14. The zero-order valence-corrected chi connectivity index (χ0v) is 9.90. The molecule has 0 fully saturated rings. The Kier molecular flexibility index (Phi) is 3.50. The summed E-state index contributed by atoms with van der Waals surface area (Å²) in [5.74, 6) is -0.00625. The highest BCUT2D eigenvalue weighted by Gasteiger charge is 2.13. The van der Waals surface area contributed by atoms with Crippen LogP contribution in [0.4, 0.5) is 0 Å². The maximum Gasteiger partial charge on any atom is 0.320 e. The fraction of sp³-hybridized carbons (Fsp3) is 0.300. The molecular weight excluding hydrogens is 242 g/mol. The molecular formula is C10H11N3O3S. The Balaban J connectivity index is 1.97. The maximum atomic E-state index is 10.6. The van der Waals surface area contributed by atoms with Crippen LogP contribution in [0.15, 0.2) is 22.0 Å². The van der Waals surface area contributed by atoms with Gasteiger partial charge in [-0.15, -0.1) is 11.3 Å². The molecule has 0 aromatic carbocycles. The number of hydrogen-bond donors (Lipinski definition) is 2. The number of aliphatic carboxylic acids is 1. The number of rotatable bonds is 5. The number of aromatic nitrogens is 2. The van der Waals surface area contributed by atoms with Crippen LogP contribution in [0, 0.1) is 0 Å². The van der Waals surface area contributed by atoms with E-state index in [4.69, 9.17) is 9.63 Å². The molecule has 2 aromatic heterocycles. The molecule has 0 saturated heterocycles. The van der Waals surface area contributed by atoms with Crippen LogP contribution in [0.3, 0.4) is 0 Å². The summed E-state index contributed by atoms with van der Waals surface area (Å²) in [5.41, 5.74) is 0. The Morgan fingerprint density at radius 3 is 3.18 bits per heavy atom. The van der Waals surface area contributed by atoms with Gasteiger partial charge in [0.05, 0.1) is 11.4 Å². The lowest BCUT2D eigenvalue weighted by Gasteiger charge is -2.05. The molecule has 0 unspecified atom stereocenters. The normalized spacial score (nSPS) is 12.5. The molecule has 6 nitrogen and oxygen atoms in total. The van der Waals surface area contributed by atoms with Crippen molar-refractivity contribution in [2.45, 2.75) is 19.5 Å². The van der Waals surface area contributed by atoms with Gasteiger partial charge in [-0.2, -0.15) is 4.98 Å². The first-order valence-electron chi connectivity index (χ1n) is 4.99. The van der Waals surface area contributed by atoms with E-state index in [9.17, 15) is 4.79 Å². The number of carboxylic acids is 1. The highest BCUT2D eigenvalue weighted by Crippen LogP contribution is 2.22. The number of nitrogens with zero attached hydrogens (tertiary/aromatic N) is 2. The number of carbonyl (C=O) groups is 1. The van der Waals surface area contributed by atoms with Gasteiger partial charge in [-0.1, -0.05) is 11.2 Å². The summed E-state index contributed by atoms with van der Waals surface area (Å²) < 4.78 is 5.06. The predicted octanol–water partition coefficient (Wildman–Crippen LogP) is 1.36. The van der Waals surface area contributed by atoms with E-state index >= 15 is 0 Å². The SMILES string of the molecule is C[C@H](NCc1noc(-c2cccs2)n1)C(=O)O. The van der Waals surface area contributed by atoms with Gasteiger partial charge in [0.2, 0.25) is 0 Å². The van der Waals surface area contributed by atoms with Crippen molar-refractivity contribution in [1.29, 1.82) is 0 Å². The van der Waals surface area contributed by atoms with Gasteiger partial charge in [0.1, 0.15) is 6.04 Å². The van der Waals surface area contributed by atoms with Crippen molar-refractivity contribution in [2.24, 2.45) is 0 Å². The zero-order valence-electron chi connectivity index (χ0n) is 9.08. The van der Waals surface area contributed by atoms with Crippen LogP contribution in [-0.4, -0.2) is 27.3 Å². The average Bonchev–Trinajstić information content (AvgIpc) is 2.95. The summed E-state index contributed by atoms with van der Waals surface area (Å²) >= 11 is 1.51. The van der Waals surface area contributed by atoms with Crippen molar-refractivity contribution in [2.75, 3.05) is 0 Å². The molecule has 0 saturated carbocycles. The highest BCUT2D eigenvalue weighted by molar-refractivity contribution is 7.13. The first-order chi connectivity index (χ1) is 8.16. The van der Waals surface area contributed by atoms with E-state index in [0.717, 1.165) is 4.88 Å². The third kappa shape index (κ3) is 2.89. The van der Waals surface area contributed by atoms with Crippen LogP contribution in [0.2, 0.25) is 0 Å². The van der Waals surface area contributed by atoms with Crippen molar-refractivity contribution in [1.82, 2.24) is 15.5 Å². The molecule has 17 heavy (non-hydrogen) atoms. The van der Waals surface area contributed by atoms with Gasteiger partial charge in [0.25, 0.3) is 5.89 Å². The van der Waals surface area contributed by atoms with Gasteiger partial charge in [0, 0.05) is 0 Å². The minimum Gasteiger partial charge on any atom is -0.480 e. The Morgan fingerprint density at radius 1 is 1.71 bits per heavy atom. The molecule has 0 aliphatic rings. The summed E-state index contributed by atoms with van der Waals surface area (Å²) in [5, 5.41) is 17.2. The second kappa shape index (κ2) is 5.07. The van der Waals surface area contributed by atoms with E-state index < -0.39 is 12.0 Å². The second-order valence-electron chi connectivity index (χ2n) is 3.43. The fourth-order valence-electron chi connectivity index (χ4n) is 1.16. The quantitative estimate of drug-likeness (QED) is 0.836. The number of carboxylic acid groups (broad SMARTS) is 1. The molecule has 2 aromatic rings. The molecule has 2 heterocycles. The summed E-state index contributed by atoms with van der Waals surface area (Å²) in [6.07, 6.45) is 0. The first kappa shape index (κ1) is 11.7. The zero-order chi connectivity index (χ0) is 12.3. The standard InChI is InChI=1S/C10H11N3O3S/c1-6(10(14)15)11-5-8-12-9(16-13-8)7-3-2-4-17-7/h2-4,6,11H,5H2,1H3,(H,14,15)/t6-/m0/s1. The lowest BCUT2D eigenvalue weighted by atomic mass is 10.3. The maximum absolute atomic E-state index is 10.6. The molecule has 0 aliphatic carbocycles. The molecule has 2 rings (SSSR count). The van der Waals surface area contributed by atoms with Gasteiger partial charge in [-0.3, -0.25) is 10.1 Å². The van der Waals surface area contributed by atoms with Crippen molar-refractivity contribution >= 4 is 17.3 Å². The summed E-state index contributed by atoms with van der Waals surface area (Å²) in [6.45, 7) is 1.82.